The molecule has 34 heavy (non-hydrogen) atoms. The molecule has 2 aliphatic heterocycles. The first-order chi connectivity index (χ1) is 15.0. The minimum atomic E-state index is -2.12. The van der Waals surface area contributed by atoms with Crippen LogP contribution in [0.15, 0.2) is 0 Å². The Bertz CT molecular complexity index is 761. The van der Waals surface area contributed by atoms with Crippen LogP contribution in [0, 0.1) is 0 Å². The maximum absolute atomic E-state index is 13.5. The van der Waals surface area contributed by atoms with Crippen molar-refractivity contribution in [3.8, 4) is 0 Å². The first kappa shape index (κ1) is 29.1. The highest BCUT2D eigenvalue weighted by Crippen LogP contribution is 2.44. The molecule has 8 nitrogen and oxygen atoms in total. The van der Waals surface area contributed by atoms with E-state index in [1.165, 1.54) is 0 Å². The molecule has 4 atom stereocenters. The van der Waals surface area contributed by atoms with E-state index < -0.39 is 61.7 Å². The average Bonchev–Trinajstić information content (AvgIpc) is 3.00. The third kappa shape index (κ3) is 7.18. The normalized spacial score (nSPS) is 27.5. The third-order valence-electron chi connectivity index (χ3n) is 6.46. The summed E-state index contributed by atoms with van der Waals surface area (Å²) >= 11 is 0. The SMILES string of the molecule is CC(C)(C)OC(=O)CC1C2OC(C)(C)OC2C(CO[Si](C)(C)C(C)(C)C)N1C(=O)OC(C)(C)C. The van der Waals surface area contributed by atoms with Crippen LogP contribution in [0.5, 0.6) is 0 Å². The number of ether oxygens (including phenoxy) is 4. The highest BCUT2D eigenvalue weighted by molar-refractivity contribution is 6.74. The summed E-state index contributed by atoms with van der Waals surface area (Å²) < 4.78 is 30.4. The van der Waals surface area contributed by atoms with Crippen molar-refractivity contribution in [2.75, 3.05) is 6.61 Å². The van der Waals surface area contributed by atoms with Crippen LogP contribution in [0.2, 0.25) is 18.1 Å². The molecule has 0 aromatic carbocycles. The predicted octanol–water partition coefficient (Wildman–Crippen LogP) is 5.25. The number of hydrogen-bond acceptors (Lipinski definition) is 7. The largest absolute Gasteiger partial charge is 0.460 e. The van der Waals surface area contributed by atoms with Gasteiger partial charge in [0.05, 0.1) is 25.1 Å². The monoisotopic (exact) mass is 501 g/mol. The van der Waals surface area contributed by atoms with E-state index in [4.69, 9.17) is 23.4 Å². The highest BCUT2D eigenvalue weighted by Gasteiger charge is 2.60. The second-order valence-electron chi connectivity index (χ2n) is 13.4. The summed E-state index contributed by atoms with van der Waals surface area (Å²) in [6.45, 7) is 25.8. The summed E-state index contributed by atoms with van der Waals surface area (Å²) in [6, 6.07) is -1.05. The zero-order chi connectivity index (χ0) is 26.5. The van der Waals surface area contributed by atoms with Crippen molar-refractivity contribution < 1.29 is 33.0 Å². The van der Waals surface area contributed by atoms with E-state index in [2.05, 4.69) is 33.9 Å². The molecule has 0 aromatic rings. The standard InChI is InChI=1S/C25H47NO7Si/c1-22(2,3)30-18(27)14-16-19-20(32-25(10,11)31-19)17(15-29-34(12,13)24(7,8)9)26(16)21(28)33-23(4,5)6/h16-17,19-20H,14-15H2,1-13H3. The molecule has 0 saturated carbocycles. The Labute approximate surface area is 207 Å². The third-order valence-corrected chi connectivity index (χ3v) is 11.0. The molecular weight excluding hydrogens is 454 g/mol. The van der Waals surface area contributed by atoms with Gasteiger partial charge in [-0.05, 0) is 73.5 Å². The van der Waals surface area contributed by atoms with Crippen LogP contribution in [-0.4, -0.2) is 73.2 Å². The summed E-state index contributed by atoms with van der Waals surface area (Å²) in [7, 11) is -2.12. The predicted molar refractivity (Wildman–Crippen MR) is 133 cm³/mol. The number of carbonyl (C=O) groups is 2. The van der Waals surface area contributed by atoms with Gasteiger partial charge in [0.2, 0.25) is 0 Å². The molecule has 198 valence electrons. The lowest BCUT2D eigenvalue weighted by atomic mass is 10.1. The van der Waals surface area contributed by atoms with E-state index in [0.29, 0.717) is 0 Å². The van der Waals surface area contributed by atoms with Crippen molar-refractivity contribution >= 4 is 20.4 Å². The molecule has 2 saturated heterocycles. The number of esters is 1. The molecule has 0 spiro atoms. The van der Waals surface area contributed by atoms with Gasteiger partial charge >= 0.3 is 12.1 Å². The Morgan fingerprint density at radius 1 is 0.853 bits per heavy atom. The quantitative estimate of drug-likeness (QED) is 0.376. The second-order valence-corrected chi connectivity index (χ2v) is 18.3. The van der Waals surface area contributed by atoms with Gasteiger partial charge in [0.1, 0.15) is 23.4 Å². The first-order valence-corrected chi connectivity index (χ1v) is 15.2. The van der Waals surface area contributed by atoms with Crippen LogP contribution in [-0.2, 0) is 28.2 Å². The Kier molecular flexibility index (Phi) is 8.01. The van der Waals surface area contributed by atoms with Gasteiger partial charge in [0.25, 0.3) is 0 Å². The van der Waals surface area contributed by atoms with E-state index >= 15 is 0 Å². The Morgan fingerprint density at radius 3 is 1.76 bits per heavy atom. The molecule has 0 N–H and O–H groups in total. The van der Waals surface area contributed by atoms with Gasteiger partial charge in [0.15, 0.2) is 14.1 Å². The second kappa shape index (κ2) is 9.37. The molecule has 2 fully saturated rings. The van der Waals surface area contributed by atoms with E-state index in [0.717, 1.165) is 0 Å². The lowest BCUT2D eigenvalue weighted by Gasteiger charge is -2.40. The van der Waals surface area contributed by atoms with Gasteiger partial charge in [-0.3, -0.25) is 9.69 Å². The molecule has 2 aliphatic rings. The molecule has 1 amide bonds. The van der Waals surface area contributed by atoms with Crippen molar-refractivity contribution in [2.24, 2.45) is 0 Å². The Hall–Kier alpha value is -1.16. The van der Waals surface area contributed by atoms with Gasteiger partial charge in [-0.15, -0.1) is 0 Å². The molecule has 9 heteroatoms. The number of rotatable bonds is 5. The average molecular weight is 502 g/mol. The minimum absolute atomic E-state index is 0.00394. The van der Waals surface area contributed by atoms with E-state index in [1.807, 2.05) is 55.4 Å². The summed E-state index contributed by atoms with van der Waals surface area (Å²) in [6.07, 6.45) is -1.47. The van der Waals surface area contributed by atoms with Gasteiger partial charge in [-0.1, -0.05) is 20.8 Å². The highest BCUT2D eigenvalue weighted by atomic mass is 28.4. The number of nitrogens with zero attached hydrogens (tertiary/aromatic N) is 1. The molecule has 0 radical (unpaired) electrons. The van der Waals surface area contributed by atoms with E-state index in [-0.39, 0.29) is 18.1 Å². The zero-order valence-electron chi connectivity index (χ0n) is 23.5. The number of fused-ring (bicyclic) bond motifs is 1. The summed E-state index contributed by atoms with van der Waals surface area (Å²) in [5.41, 5.74) is -1.33. The fourth-order valence-electron chi connectivity index (χ4n) is 4.01. The van der Waals surface area contributed by atoms with Crippen LogP contribution in [0.4, 0.5) is 4.79 Å². The minimum Gasteiger partial charge on any atom is -0.460 e. The zero-order valence-corrected chi connectivity index (χ0v) is 24.5. The molecular formula is C25H47NO7Si. The van der Waals surface area contributed by atoms with Gasteiger partial charge in [0, 0.05) is 0 Å². The molecule has 2 heterocycles. The molecule has 4 unspecified atom stereocenters. The van der Waals surface area contributed by atoms with Crippen molar-refractivity contribution in [3.63, 3.8) is 0 Å². The fraction of sp³-hybridized carbons (Fsp3) is 0.920. The molecule has 0 bridgehead atoms. The Balaban J connectivity index is 2.42. The van der Waals surface area contributed by atoms with Crippen molar-refractivity contribution in [3.05, 3.63) is 0 Å². The molecule has 2 rings (SSSR count). The number of hydrogen-bond donors (Lipinski definition) is 0. The molecule has 0 aliphatic carbocycles. The van der Waals surface area contributed by atoms with Crippen LogP contribution in [0.3, 0.4) is 0 Å². The first-order valence-electron chi connectivity index (χ1n) is 12.3. The summed E-state index contributed by atoms with van der Waals surface area (Å²) in [5.74, 6) is -1.24. The van der Waals surface area contributed by atoms with Gasteiger partial charge in [-0.25, -0.2) is 4.79 Å². The van der Waals surface area contributed by atoms with Gasteiger partial charge < -0.3 is 23.4 Å². The summed E-state index contributed by atoms with van der Waals surface area (Å²) in [4.78, 5) is 27.9. The van der Waals surface area contributed by atoms with E-state index in [9.17, 15) is 9.59 Å². The number of likely N-dealkylation sites (tertiary alicyclic amines) is 1. The van der Waals surface area contributed by atoms with Gasteiger partial charge in [-0.2, -0.15) is 0 Å². The van der Waals surface area contributed by atoms with Crippen molar-refractivity contribution in [1.29, 1.82) is 0 Å². The lowest BCUT2D eigenvalue weighted by Crippen LogP contribution is -2.52. The van der Waals surface area contributed by atoms with Crippen molar-refractivity contribution in [2.45, 2.75) is 142 Å². The maximum atomic E-state index is 13.5. The Morgan fingerprint density at radius 2 is 1.32 bits per heavy atom. The number of amides is 1. The lowest BCUT2D eigenvalue weighted by molar-refractivity contribution is -0.173. The topological polar surface area (TPSA) is 83.5 Å². The fourth-order valence-corrected chi connectivity index (χ4v) is 5.03. The molecule has 0 aromatic heterocycles. The smallest absolute Gasteiger partial charge is 0.411 e. The number of carbonyl (C=O) groups excluding carboxylic acids is 2. The van der Waals surface area contributed by atoms with Crippen molar-refractivity contribution in [1.82, 2.24) is 4.90 Å². The maximum Gasteiger partial charge on any atom is 0.411 e. The van der Waals surface area contributed by atoms with E-state index in [1.54, 1.807) is 4.90 Å². The van der Waals surface area contributed by atoms with Crippen LogP contribution >= 0.6 is 0 Å². The van der Waals surface area contributed by atoms with Crippen LogP contribution < -0.4 is 0 Å². The van der Waals surface area contributed by atoms with Crippen LogP contribution in [0.25, 0.3) is 0 Å². The van der Waals surface area contributed by atoms with Crippen LogP contribution in [0.1, 0.15) is 82.6 Å². The summed E-state index contributed by atoms with van der Waals surface area (Å²) in [5, 5.41) is 0.00394.